The molecule has 0 aromatic carbocycles. The molecule has 0 bridgehead atoms. The van der Waals surface area contributed by atoms with Gasteiger partial charge in [0, 0.05) is 0 Å². The van der Waals surface area contributed by atoms with Gasteiger partial charge in [0.15, 0.2) is 5.78 Å². The van der Waals surface area contributed by atoms with Gasteiger partial charge < -0.3 is 14.9 Å². The maximum Gasteiger partial charge on any atom is 0.192 e. The molecule has 1 saturated heterocycles. The Balaban J connectivity index is 2.61. The highest BCUT2D eigenvalue weighted by Gasteiger charge is 2.38. The molecule has 1 aliphatic heterocycles. The second-order valence-electron chi connectivity index (χ2n) is 2.35. The third-order valence-corrected chi connectivity index (χ3v) is 1.60. The van der Waals surface area contributed by atoms with Gasteiger partial charge in [-0.1, -0.05) is 0 Å². The lowest BCUT2D eigenvalue weighted by Gasteiger charge is -2.07. The second kappa shape index (κ2) is 2.65. The van der Waals surface area contributed by atoms with Crippen LogP contribution < -0.4 is 0 Å². The van der Waals surface area contributed by atoms with Crippen molar-refractivity contribution in [2.45, 2.75) is 25.2 Å². The Kier molecular flexibility index (Phi) is 2.03. The van der Waals surface area contributed by atoms with Crippen LogP contribution in [0.1, 0.15) is 6.92 Å². The van der Waals surface area contributed by atoms with E-state index in [1.807, 2.05) is 0 Å². The van der Waals surface area contributed by atoms with Crippen LogP contribution in [0.25, 0.3) is 0 Å². The van der Waals surface area contributed by atoms with Gasteiger partial charge in [-0.05, 0) is 6.92 Å². The van der Waals surface area contributed by atoms with Crippen LogP contribution >= 0.6 is 0 Å². The standard InChI is InChI=1S/C6H10O4/c1-3-5(8)6(9)4(2-7)10-3/h3-4,6-7,9H,2H2,1H3/t3?,4-,6?/m1/s1. The van der Waals surface area contributed by atoms with E-state index in [9.17, 15) is 4.79 Å². The molecule has 1 heterocycles. The average molecular weight is 146 g/mol. The average Bonchev–Trinajstić information content (AvgIpc) is 2.17. The summed E-state index contributed by atoms with van der Waals surface area (Å²) in [5, 5.41) is 17.5. The molecule has 4 heteroatoms. The second-order valence-corrected chi connectivity index (χ2v) is 2.35. The van der Waals surface area contributed by atoms with E-state index in [-0.39, 0.29) is 12.4 Å². The van der Waals surface area contributed by atoms with Crippen LogP contribution in [0.5, 0.6) is 0 Å². The molecule has 0 aromatic heterocycles. The summed E-state index contributed by atoms with van der Waals surface area (Å²) >= 11 is 0. The van der Waals surface area contributed by atoms with Crippen molar-refractivity contribution in [3.8, 4) is 0 Å². The van der Waals surface area contributed by atoms with E-state index in [0.29, 0.717) is 0 Å². The van der Waals surface area contributed by atoms with E-state index in [4.69, 9.17) is 14.9 Å². The van der Waals surface area contributed by atoms with Crippen LogP contribution in [0, 0.1) is 0 Å². The Morgan fingerprint density at radius 1 is 1.70 bits per heavy atom. The first-order valence-corrected chi connectivity index (χ1v) is 3.15. The quantitative estimate of drug-likeness (QED) is 0.482. The van der Waals surface area contributed by atoms with E-state index in [1.165, 1.54) is 0 Å². The van der Waals surface area contributed by atoms with Gasteiger partial charge in [0.05, 0.1) is 6.61 Å². The first kappa shape index (κ1) is 7.65. The summed E-state index contributed by atoms with van der Waals surface area (Å²) in [6.07, 6.45) is -2.44. The van der Waals surface area contributed by atoms with Gasteiger partial charge in [-0.15, -0.1) is 0 Å². The molecule has 2 unspecified atom stereocenters. The fraction of sp³-hybridized carbons (Fsp3) is 0.833. The zero-order chi connectivity index (χ0) is 7.72. The minimum Gasteiger partial charge on any atom is -0.394 e. The smallest absolute Gasteiger partial charge is 0.192 e. The van der Waals surface area contributed by atoms with Crippen molar-refractivity contribution < 1.29 is 19.7 Å². The molecule has 3 atom stereocenters. The van der Waals surface area contributed by atoms with Crippen molar-refractivity contribution in [3.63, 3.8) is 0 Å². The number of aliphatic hydroxyl groups is 2. The van der Waals surface area contributed by atoms with Crippen molar-refractivity contribution in [3.05, 3.63) is 0 Å². The van der Waals surface area contributed by atoms with E-state index in [2.05, 4.69) is 0 Å². The number of ether oxygens (including phenoxy) is 1. The zero-order valence-corrected chi connectivity index (χ0v) is 5.65. The molecule has 4 nitrogen and oxygen atoms in total. The van der Waals surface area contributed by atoms with Crippen LogP contribution in [0.4, 0.5) is 0 Å². The van der Waals surface area contributed by atoms with Crippen molar-refractivity contribution >= 4 is 5.78 Å². The van der Waals surface area contributed by atoms with Crippen molar-refractivity contribution in [1.29, 1.82) is 0 Å². The van der Waals surface area contributed by atoms with Crippen LogP contribution in [0.2, 0.25) is 0 Å². The minimum absolute atomic E-state index is 0.308. The van der Waals surface area contributed by atoms with Crippen molar-refractivity contribution in [1.82, 2.24) is 0 Å². The first-order valence-electron chi connectivity index (χ1n) is 3.15. The number of ketones is 1. The Morgan fingerprint density at radius 2 is 2.30 bits per heavy atom. The fourth-order valence-electron chi connectivity index (χ4n) is 0.970. The van der Waals surface area contributed by atoms with Gasteiger partial charge in [-0.25, -0.2) is 0 Å². The molecule has 1 fully saturated rings. The predicted molar refractivity (Wildman–Crippen MR) is 32.4 cm³/mol. The monoisotopic (exact) mass is 146 g/mol. The third kappa shape index (κ3) is 1.05. The highest BCUT2D eigenvalue weighted by molar-refractivity contribution is 5.89. The van der Waals surface area contributed by atoms with E-state index < -0.39 is 18.3 Å². The molecule has 1 aliphatic rings. The van der Waals surface area contributed by atoms with E-state index in [0.717, 1.165) is 0 Å². The van der Waals surface area contributed by atoms with Crippen molar-refractivity contribution in [2.75, 3.05) is 6.61 Å². The highest BCUT2D eigenvalue weighted by atomic mass is 16.5. The van der Waals surface area contributed by atoms with Crippen molar-refractivity contribution in [2.24, 2.45) is 0 Å². The molecule has 0 aliphatic carbocycles. The number of hydrogen-bond donors (Lipinski definition) is 2. The summed E-state index contributed by atoms with van der Waals surface area (Å²) in [4.78, 5) is 10.8. The first-order chi connectivity index (χ1) is 4.66. The highest BCUT2D eigenvalue weighted by Crippen LogP contribution is 2.15. The molecular formula is C6H10O4. The van der Waals surface area contributed by atoms with Crippen LogP contribution in [-0.4, -0.2) is 40.9 Å². The Hall–Kier alpha value is -0.450. The summed E-state index contributed by atoms with van der Waals surface area (Å²) in [6.45, 7) is 1.25. The summed E-state index contributed by atoms with van der Waals surface area (Å²) in [7, 11) is 0. The number of carbonyl (C=O) groups excluding carboxylic acids is 1. The molecule has 0 aromatic rings. The number of aliphatic hydroxyl groups excluding tert-OH is 2. The molecule has 0 saturated carbocycles. The summed E-state index contributed by atoms with van der Waals surface area (Å²) in [5.41, 5.74) is 0. The van der Waals surface area contributed by atoms with Gasteiger partial charge >= 0.3 is 0 Å². The maximum atomic E-state index is 10.8. The SMILES string of the molecule is CC1O[C@H](CO)C(O)C1=O. The lowest BCUT2D eigenvalue weighted by Crippen LogP contribution is -2.29. The minimum atomic E-state index is -1.14. The molecule has 2 N–H and O–H groups in total. The number of carbonyl (C=O) groups is 1. The number of Topliss-reactive ketones (excluding diaryl/α,β-unsaturated/α-hetero) is 1. The lowest BCUT2D eigenvalue weighted by atomic mass is 10.1. The molecule has 0 amide bonds. The van der Waals surface area contributed by atoms with Gasteiger partial charge in [-0.2, -0.15) is 0 Å². The van der Waals surface area contributed by atoms with E-state index in [1.54, 1.807) is 6.92 Å². The summed E-state index contributed by atoms with van der Waals surface area (Å²) < 4.78 is 4.89. The lowest BCUT2D eigenvalue weighted by molar-refractivity contribution is -0.126. The summed E-state index contributed by atoms with van der Waals surface area (Å²) in [5.74, 6) is -0.348. The summed E-state index contributed by atoms with van der Waals surface area (Å²) in [6, 6.07) is 0. The zero-order valence-electron chi connectivity index (χ0n) is 5.65. The van der Waals surface area contributed by atoms with Gasteiger partial charge in [0.1, 0.15) is 18.3 Å². The Bertz CT molecular complexity index is 145. The largest absolute Gasteiger partial charge is 0.394 e. The normalized spacial score (nSPS) is 40.7. The molecule has 0 spiro atoms. The molecular weight excluding hydrogens is 136 g/mol. The Morgan fingerprint density at radius 3 is 2.50 bits per heavy atom. The number of hydrogen-bond acceptors (Lipinski definition) is 4. The van der Waals surface area contributed by atoms with Gasteiger partial charge in [0.2, 0.25) is 0 Å². The molecule has 58 valence electrons. The maximum absolute atomic E-state index is 10.8. The van der Waals surface area contributed by atoms with Crippen LogP contribution in [-0.2, 0) is 9.53 Å². The molecule has 0 radical (unpaired) electrons. The fourth-order valence-corrected chi connectivity index (χ4v) is 0.970. The van der Waals surface area contributed by atoms with E-state index >= 15 is 0 Å². The molecule has 10 heavy (non-hydrogen) atoms. The number of rotatable bonds is 1. The van der Waals surface area contributed by atoms with Crippen LogP contribution in [0.15, 0.2) is 0 Å². The predicted octanol–water partition coefficient (Wildman–Crippen LogP) is -1.30. The third-order valence-electron chi connectivity index (χ3n) is 1.60. The molecule has 1 rings (SSSR count). The van der Waals surface area contributed by atoms with Gasteiger partial charge in [0.25, 0.3) is 0 Å². The van der Waals surface area contributed by atoms with Crippen LogP contribution in [0.3, 0.4) is 0 Å². The van der Waals surface area contributed by atoms with Gasteiger partial charge in [-0.3, -0.25) is 4.79 Å². The topological polar surface area (TPSA) is 66.8 Å². The Labute approximate surface area is 58.4 Å².